The fourth-order valence-corrected chi connectivity index (χ4v) is 8.14. The predicted octanol–water partition coefficient (Wildman–Crippen LogP) is 9.38. The summed E-state index contributed by atoms with van der Waals surface area (Å²) in [6.45, 7) is 16.5. The number of likely N-dealkylation sites (tertiary alicyclic amines) is 1. The number of carbonyl (C=O) groups is 6. The molecule has 1 unspecified atom stereocenters. The van der Waals surface area contributed by atoms with Crippen molar-refractivity contribution in [2.75, 3.05) is 19.6 Å². The summed E-state index contributed by atoms with van der Waals surface area (Å²) in [6, 6.07) is 7.12. The van der Waals surface area contributed by atoms with E-state index in [0.29, 0.717) is 67.8 Å². The van der Waals surface area contributed by atoms with Gasteiger partial charge in [-0.25, -0.2) is 24.2 Å². The first-order valence-corrected chi connectivity index (χ1v) is 21.9. The van der Waals surface area contributed by atoms with Gasteiger partial charge in [0.15, 0.2) is 0 Å². The largest absolute Gasteiger partial charge is 0.478 e. The van der Waals surface area contributed by atoms with Crippen LogP contribution in [0, 0.1) is 13.8 Å². The maximum Gasteiger partial charge on any atom is 0.410 e. The van der Waals surface area contributed by atoms with E-state index in [2.05, 4.69) is 20.9 Å². The number of halogens is 1. The van der Waals surface area contributed by atoms with Crippen LogP contribution in [0.25, 0.3) is 11.4 Å². The van der Waals surface area contributed by atoms with Gasteiger partial charge in [0.25, 0.3) is 0 Å². The predicted molar refractivity (Wildman–Crippen MR) is 233 cm³/mol. The van der Waals surface area contributed by atoms with Crippen LogP contribution in [-0.2, 0) is 27.2 Å². The number of alkyl halides is 1. The number of hydrogen-bond acceptors (Lipinski definition) is 9. The molecule has 4 aliphatic rings. The summed E-state index contributed by atoms with van der Waals surface area (Å²) in [4.78, 5) is 80.1. The molecule has 1 saturated heterocycles. The zero-order valence-corrected chi connectivity index (χ0v) is 38.1. The molecule has 0 radical (unpaired) electrons. The normalized spacial score (nSPS) is 17.9. The second-order valence-electron chi connectivity index (χ2n) is 18.3. The Morgan fingerprint density at radius 2 is 1.30 bits per heavy atom. The average molecular weight is 908 g/mol. The Balaban J connectivity index is 0.000000192. The number of aromatic amines is 1. The van der Waals surface area contributed by atoms with Crippen LogP contribution in [0.15, 0.2) is 24.3 Å². The Kier molecular flexibility index (Phi) is 14.9. The lowest BCUT2D eigenvalue weighted by Gasteiger charge is -2.31. The van der Waals surface area contributed by atoms with Crippen molar-refractivity contribution in [2.45, 2.75) is 141 Å². The van der Waals surface area contributed by atoms with Gasteiger partial charge >= 0.3 is 24.1 Å². The van der Waals surface area contributed by atoms with Crippen molar-refractivity contribution in [2.24, 2.45) is 0 Å². The Bertz CT molecular complexity index is 2160. The highest BCUT2D eigenvalue weighted by molar-refractivity contribution is 9.10. The molecular weight excluding hydrogens is 848 g/mol. The third-order valence-corrected chi connectivity index (χ3v) is 12.1. The molecule has 61 heavy (non-hydrogen) atoms. The maximum atomic E-state index is 12.5. The Morgan fingerprint density at radius 3 is 1.79 bits per heavy atom. The molecule has 3 N–H and O–H groups in total. The van der Waals surface area contributed by atoms with Gasteiger partial charge in [0.05, 0.1) is 33.9 Å². The standard InChI is InChI=1S/C23H29N3O4.C13H14O3.C10H16BrNO3/c1-13-10-16(14-6-5-7-14)17(11-15(13)21(27)28)20-24-18-8-9-26(12-19(18)25-20)22(29)30-23(2,3)4;1-8-5-12(9-3-2-4-9)10(7-14)6-11(8)13(15)16;1-10(2,3)15-9(14)12-5-4-8(13)7(11)6-12/h10-11,14H,5-9,12H2,1-4H3,(H,24,25)(H,27,28);5-7,9H,2-4H2,1H3,(H,15,16);7H,4-6H2,1-3H3. The summed E-state index contributed by atoms with van der Waals surface area (Å²) in [6.07, 6.45) is 7.96. The first-order chi connectivity index (χ1) is 28.5. The minimum atomic E-state index is -0.972. The van der Waals surface area contributed by atoms with E-state index >= 15 is 0 Å². The molecule has 2 aliphatic carbocycles. The number of carbonyl (C=O) groups excluding carboxylic acids is 4. The van der Waals surface area contributed by atoms with E-state index in [9.17, 15) is 33.9 Å². The van der Waals surface area contributed by atoms with Crippen molar-refractivity contribution in [1.29, 1.82) is 0 Å². The zero-order valence-electron chi connectivity index (χ0n) is 36.5. The van der Waals surface area contributed by atoms with Crippen LogP contribution < -0.4 is 0 Å². The van der Waals surface area contributed by atoms with E-state index in [1.165, 1.54) is 24.5 Å². The molecule has 1 aromatic heterocycles. The molecule has 0 spiro atoms. The van der Waals surface area contributed by atoms with E-state index in [-0.39, 0.29) is 28.4 Å². The molecule has 2 saturated carbocycles. The van der Waals surface area contributed by atoms with Gasteiger partial charge in [-0.15, -0.1) is 0 Å². The number of fused-ring (bicyclic) bond motifs is 1. The van der Waals surface area contributed by atoms with Crippen LogP contribution in [0.1, 0.15) is 163 Å². The highest BCUT2D eigenvalue weighted by atomic mass is 79.9. The fraction of sp³-hybridized carbons (Fsp3) is 0.543. The molecule has 2 aliphatic heterocycles. The van der Waals surface area contributed by atoms with E-state index in [1.807, 2.05) is 60.6 Å². The van der Waals surface area contributed by atoms with Crippen molar-refractivity contribution in [3.8, 4) is 11.4 Å². The highest BCUT2D eigenvalue weighted by Gasteiger charge is 2.32. The summed E-state index contributed by atoms with van der Waals surface area (Å²) < 4.78 is 10.7. The van der Waals surface area contributed by atoms with Crippen molar-refractivity contribution in [3.05, 3.63) is 74.6 Å². The van der Waals surface area contributed by atoms with Crippen molar-refractivity contribution < 1.29 is 48.5 Å². The van der Waals surface area contributed by atoms with Crippen LogP contribution in [0.2, 0.25) is 0 Å². The monoisotopic (exact) mass is 906 g/mol. The Hall–Kier alpha value is -5.05. The van der Waals surface area contributed by atoms with Crippen LogP contribution in [0.4, 0.5) is 9.59 Å². The molecule has 15 heteroatoms. The number of aromatic carboxylic acids is 2. The number of ketones is 1. The molecule has 7 rings (SSSR count). The molecular formula is C46H59BrN4O10. The number of nitrogens with zero attached hydrogens (tertiary/aromatic N) is 3. The van der Waals surface area contributed by atoms with Crippen molar-refractivity contribution >= 4 is 52.1 Å². The number of H-pyrrole nitrogens is 1. The summed E-state index contributed by atoms with van der Waals surface area (Å²) >= 11 is 3.24. The minimum absolute atomic E-state index is 0.148. The molecule has 330 valence electrons. The topological polar surface area (TPSA) is 196 Å². The second kappa shape index (κ2) is 19.3. The molecule has 3 heterocycles. The zero-order chi connectivity index (χ0) is 45.0. The highest BCUT2D eigenvalue weighted by Crippen LogP contribution is 2.42. The lowest BCUT2D eigenvalue weighted by atomic mass is 9.77. The van der Waals surface area contributed by atoms with Gasteiger partial charge < -0.3 is 34.5 Å². The number of imidazole rings is 1. The van der Waals surface area contributed by atoms with E-state index in [0.717, 1.165) is 65.6 Å². The third-order valence-electron chi connectivity index (χ3n) is 11.3. The maximum absolute atomic E-state index is 12.5. The lowest BCUT2D eigenvalue weighted by Crippen LogP contribution is -2.46. The number of rotatable bonds is 6. The van der Waals surface area contributed by atoms with Gasteiger partial charge in [-0.05, 0) is 127 Å². The van der Waals surface area contributed by atoms with E-state index < -0.39 is 23.1 Å². The fourth-order valence-electron chi connectivity index (χ4n) is 7.56. The number of hydrogen-bond donors (Lipinski definition) is 3. The van der Waals surface area contributed by atoms with Crippen LogP contribution in [0.3, 0.4) is 0 Å². The lowest BCUT2D eigenvalue weighted by molar-refractivity contribution is -0.120. The summed E-state index contributed by atoms with van der Waals surface area (Å²) in [5.41, 5.74) is 6.42. The quantitative estimate of drug-likeness (QED) is 0.157. The first-order valence-electron chi connectivity index (χ1n) is 21.0. The Labute approximate surface area is 365 Å². The molecule has 3 aromatic rings. The van der Waals surface area contributed by atoms with Crippen LogP contribution in [-0.4, -0.2) is 102 Å². The van der Waals surface area contributed by atoms with Crippen molar-refractivity contribution in [1.82, 2.24) is 19.8 Å². The number of Topliss-reactive ketones (excluding diaryl/α,β-unsaturated/α-hetero) is 1. The molecule has 0 bridgehead atoms. The minimum Gasteiger partial charge on any atom is -0.478 e. The molecule has 1 atom stereocenters. The summed E-state index contributed by atoms with van der Waals surface area (Å²) in [7, 11) is 0. The number of ether oxygens (including phenoxy) is 2. The number of carboxylic acid groups (broad SMARTS) is 2. The number of benzene rings is 2. The first kappa shape index (κ1) is 47.0. The smallest absolute Gasteiger partial charge is 0.410 e. The number of carboxylic acids is 2. The van der Waals surface area contributed by atoms with Crippen LogP contribution in [0.5, 0.6) is 0 Å². The van der Waals surface area contributed by atoms with Gasteiger partial charge in [0.1, 0.15) is 29.1 Å². The average Bonchev–Trinajstić information content (AvgIpc) is 3.54. The SMILES string of the molecule is CC(C)(C)OC(=O)N1CCC(=O)C(Br)C1.Cc1cc(C2CCC2)c(-c2nc3c([nH]2)CN(C(=O)OC(C)(C)C)CC3)cc1C(=O)O.Cc1cc(C2CCC2)c(C=O)cc1C(=O)O. The molecule has 2 amide bonds. The number of nitrogens with one attached hydrogen (secondary N) is 1. The number of amides is 2. The van der Waals surface area contributed by atoms with E-state index in [1.54, 1.807) is 22.8 Å². The van der Waals surface area contributed by atoms with Gasteiger partial charge in [0, 0.05) is 43.6 Å². The summed E-state index contributed by atoms with van der Waals surface area (Å²) in [5.74, 6) is -0.170. The molecule has 2 aromatic carbocycles. The third kappa shape index (κ3) is 12.1. The van der Waals surface area contributed by atoms with Gasteiger partial charge in [-0.1, -0.05) is 40.9 Å². The number of aldehydes is 1. The van der Waals surface area contributed by atoms with E-state index in [4.69, 9.17) is 19.6 Å². The van der Waals surface area contributed by atoms with Crippen LogP contribution >= 0.6 is 15.9 Å². The van der Waals surface area contributed by atoms with Gasteiger partial charge in [0.2, 0.25) is 0 Å². The second-order valence-corrected chi connectivity index (χ2v) is 19.4. The molecule has 3 fully saturated rings. The molecule has 14 nitrogen and oxygen atoms in total. The number of aromatic nitrogens is 2. The Morgan fingerprint density at radius 1 is 0.787 bits per heavy atom. The van der Waals surface area contributed by atoms with Gasteiger partial charge in [-0.2, -0.15) is 0 Å². The summed E-state index contributed by atoms with van der Waals surface area (Å²) in [5, 5.41) is 18.6. The van der Waals surface area contributed by atoms with Crippen molar-refractivity contribution in [3.63, 3.8) is 0 Å². The number of piperidine rings is 1. The van der Waals surface area contributed by atoms with Gasteiger partial charge in [-0.3, -0.25) is 9.59 Å². The number of aryl methyl sites for hydroxylation is 2.